The van der Waals surface area contributed by atoms with E-state index >= 15 is 0 Å². The van der Waals surface area contributed by atoms with Gasteiger partial charge in [-0.2, -0.15) is 11.3 Å². The van der Waals surface area contributed by atoms with Gasteiger partial charge in [0.2, 0.25) is 0 Å². The van der Waals surface area contributed by atoms with Crippen LogP contribution in [0.15, 0.2) is 52.1 Å². The fourth-order valence-electron chi connectivity index (χ4n) is 2.65. The number of hydrogen-bond acceptors (Lipinski definition) is 4. The molecular weight excluding hydrogens is 423 g/mol. The van der Waals surface area contributed by atoms with Gasteiger partial charge in [-0.15, -0.1) is 13.2 Å². The summed E-state index contributed by atoms with van der Waals surface area (Å²) in [6.45, 7) is 0. The monoisotopic (exact) mass is 434 g/mol. The van der Waals surface area contributed by atoms with E-state index in [1.807, 2.05) is 0 Å². The second-order valence-corrected chi connectivity index (χ2v) is 8.51. The molecule has 0 spiro atoms. The maximum absolute atomic E-state index is 14.2. The number of benzene rings is 2. The second-order valence-electron chi connectivity index (χ2n) is 5.81. The Morgan fingerprint density at radius 1 is 0.893 bits per heavy atom. The smallest absolute Gasteiger partial charge is 0.406 e. The number of sulfone groups is 1. The molecular formula is C18H11F5O3S2. The van der Waals surface area contributed by atoms with Crippen LogP contribution in [0.5, 0.6) is 5.75 Å². The van der Waals surface area contributed by atoms with Gasteiger partial charge in [0.25, 0.3) is 0 Å². The predicted octanol–water partition coefficient (Wildman–Crippen LogP) is 5.66. The zero-order valence-electron chi connectivity index (χ0n) is 14.0. The highest BCUT2D eigenvalue weighted by Crippen LogP contribution is 2.38. The van der Waals surface area contributed by atoms with Crippen LogP contribution >= 0.6 is 11.3 Å². The molecule has 0 unspecified atom stereocenters. The first-order valence-corrected chi connectivity index (χ1v) is 10.4. The van der Waals surface area contributed by atoms with E-state index in [9.17, 15) is 30.4 Å². The normalized spacial score (nSPS) is 12.2. The Hall–Kier alpha value is -2.46. The zero-order chi connectivity index (χ0) is 20.7. The van der Waals surface area contributed by atoms with Crippen LogP contribution in [0.4, 0.5) is 22.0 Å². The molecule has 0 atom stereocenters. The Morgan fingerprint density at radius 3 is 1.86 bits per heavy atom. The van der Waals surface area contributed by atoms with Crippen LogP contribution in [0, 0.1) is 11.6 Å². The van der Waals surface area contributed by atoms with Crippen LogP contribution in [0.25, 0.3) is 22.3 Å². The lowest BCUT2D eigenvalue weighted by Crippen LogP contribution is -2.16. The number of alkyl halides is 3. The molecule has 0 aliphatic heterocycles. The third-order valence-corrected chi connectivity index (χ3v) is 5.62. The third-order valence-electron chi connectivity index (χ3n) is 3.74. The zero-order valence-corrected chi connectivity index (χ0v) is 15.7. The van der Waals surface area contributed by atoms with Crippen LogP contribution in [-0.2, 0) is 9.84 Å². The van der Waals surface area contributed by atoms with Crippen LogP contribution in [0.3, 0.4) is 0 Å². The standard InChI is InChI=1S/C18H11F5O3S2/c1-28(24,25)17-15(19)6-11(7-16(17)20)14-9-27-8-13(14)10-2-4-12(5-3-10)26-18(21,22)23/h2-9H,1H3. The van der Waals surface area contributed by atoms with Crippen LogP contribution in [-0.4, -0.2) is 21.0 Å². The molecule has 0 aliphatic rings. The second kappa shape index (κ2) is 7.17. The molecule has 3 aromatic rings. The highest BCUT2D eigenvalue weighted by molar-refractivity contribution is 7.90. The number of rotatable bonds is 4. The van der Waals surface area contributed by atoms with Gasteiger partial charge in [0.1, 0.15) is 22.3 Å². The first-order chi connectivity index (χ1) is 13.0. The van der Waals surface area contributed by atoms with Gasteiger partial charge in [0.05, 0.1) is 0 Å². The maximum Gasteiger partial charge on any atom is 0.573 e. The van der Waals surface area contributed by atoms with Crippen LogP contribution < -0.4 is 4.74 Å². The largest absolute Gasteiger partial charge is 0.573 e. The van der Waals surface area contributed by atoms with E-state index in [4.69, 9.17) is 0 Å². The van der Waals surface area contributed by atoms with Gasteiger partial charge in [-0.1, -0.05) is 12.1 Å². The highest BCUT2D eigenvalue weighted by atomic mass is 32.2. The maximum atomic E-state index is 14.2. The lowest BCUT2D eigenvalue weighted by Gasteiger charge is -2.10. The number of hydrogen-bond donors (Lipinski definition) is 0. The van der Waals surface area contributed by atoms with Crippen molar-refractivity contribution < 1.29 is 35.1 Å². The molecule has 0 saturated heterocycles. The molecule has 148 valence electrons. The van der Waals surface area contributed by atoms with Gasteiger partial charge in [-0.05, 0) is 46.2 Å². The van der Waals surface area contributed by atoms with E-state index in [0.29, 0.717) is 22.9 Å². The quantitative estimate of drug-likeness (QED) is 0.498. The first-order valence-electron chi connectivity index (χ1n) is 7.57. The Labute approximate surface area is 160 Å². The van der Waals surface area contributed by atoms with Crippen molar-refractivity contribution in [3.8, 4) is 28.0 Å². The van der Waals surface area contributed by atoms with Crippen LogP contribution in [0.1, 0.15) is 0 Å². The summed E-state index contributed by atoms with van der Waals surface area (Å²) in [5, 5.41) is 3.26. The van der Waals surface area contributed by atoms with Gasteiger partial charge < -0.3 is 4.74 Å². The molecule has 0 amide bonds. The fourth-order valence-corrected chi connectivity index (χ4v) is 4.34. The molecule has 0 aliphatic carbocycles. The van der Waals surface area contributed by atoms with E-state index < -0.39 is 38.5 Å². The highest BCUT2D eigenvalue weighted by Gasteiger charge is 2.31. The van der Waals surface area contributed by atoms with Crippen molar-refractivity contribution in [3.05, 3.63) is 58.8 Å². The van der Waals surface area contributed by atoms with Gasteiger partial charge in [0, 0.05) is 17.4 Å². The Balaban J connectivity index is 2.01. The summed E-state index contributed by atoms with van der Waals surface area (Å²) in [5.41, 5.74) is 1.54. The fraction of sp³-hybridized carbons (Fsp3) is 0.111. The van der Waals surface area contributed by atoms with Crippen LogP contribution in [0.2, 0.25) is 0 Å². The van der Waals surface area contributed by atoms with Gasteiger partial charge in [-0.25, -0.2) is 17.2 Å². The molecule has 2 aromatic carbocycles. The van der Waals surface area contributed by atoms with Crippen molar-refractivity contribution in [1.29, 1.82) is 0 Å². The Kier molecular flexibility index (Phi) is 5.20. The summed E-state index contributed by atoms with van der Waals surface area (Å²) in [7, 11) is -4.08. The molecule has 0 saturated carbocycles. The lowest BCUT2D eigenvalue weighted by atomic mass is 9.99. The molecule has 28 heavy (non-hydrogen) atoms. The van der Waals surface area contributed by atoms with Crippen molar-refractivity contribution >= 4 is 21.2 Å². The molecule has 10 heteroatoms. The Morgan fingerprint density at radius 2 is 1.39 bits per heavy atom. The average molecular weight is 434 g/mol. The summed E-state index contributed by atoms with van der Waals surface area (Å²) in [5.74, 6) is -2.84. The molecule has 1 aromatic heterocycles. The van der Waals surface area contributed by atoms with E-state index in [2.05, 4.69) is 4.74 Å². The van der Waals surface area contributed by atoms with Crippen molar-refractivity contribution in [2.24, 2.45) is 0 Å². The molecule has 3 nitrogen and oxygen atoms in total. The molecule has 1 heterocycles. The van der Waals surface area contributed by atoms with Crippen molar-refractivity contribution in [3.63, 3.8) is 0 Å². The van der Waals surface area contributed by atoms with Crippen molar-refractivity contribution in [2.75, 3.05) is 6.26 Å². The summed E-state index contributed by atoms with van der Waals surface area (Å²) in [4.78, 5) is -1.01. The minimum atomic E-state index is -4.81. The minimum absolute atomic E-state index is 0.106. The van der Waals surface area contributed by atoms with Gasteiger partial charge >= 0.3 is 6.36 Å². The molecule has 3 rings (SSSR count). The topological polar surface area (TPSA) is 43.4 Å². The lowest BCUT2D eigenvalue weighted by molar-refractivity contribution is -0.274. The summed E-state index contributed by atoms with van der Waals surface area (Å²) in [6.07, 6.45) is -4.11. The predicted molar refractivity (Wildman–Crippen MR) is 94.9 cm³/mol. The van der Waals surface area contributed by atoms with Gasteiger partial charge in [0.15, 0.2) is 9.84 Å². The minimum Gasteiger partial charge on any atom is -0.406 e. The van der Waals surface area contributed by atoms with Gasteiger partial charge in [-0.3, -0.25) is 0 Å². The third kappa shape index (κ3) is 4.33. The number of thiophene rings is 1. The SMILES string of the molecule is CS(=O)(=O)c1c(F)cc(-c2cscc2-c2ccc(OC(F)(F)F)cc2)cc1F. The molecule has 0 bridgehead atoms. The van der Waals surface area contributed by atoms with E-state index in [1.165, 1.54) is 23.5 Å². The van der Waals surface area contributed by atoms with Crippen molar-refractivity contribution in [1.82, 2.24) is 0 Å². The molecule has 0 radical (unpaired) electrons. The average Bonchev–Trinajstić information content (AvgIpc) is 3.01. The first kappa shape index (κ1) is 20.3. The summed E-state index contributed by atoms with van der Waals surface area (Å²) < 4.78 is 92.0. The van der Waals surface area contributed by atoms with Crippen molar-refractivity contribution in [2.45, 2.75) is 11.3 Å². The number of ether oxygens (including phenoxy) is 1. The summed E-state index contributed by atoms with van der Waals surface area (Å²) >= 11 is 1.22. The number of halogens is 5. The van der Waals surface area contributed by atoms with E-state index in [0.717, 1.165) is 24.3 Å². The molecule has 0 N–H and O–H groups in total. The van der Waals surface area contributed by atoms with E-state index in [1.54, 1.807) is 10.8 Å². The van der Waals surface area contributed by atoms with E-state index in [-0.39, 0.29) is 5.56 Å². The summed E-state index contributed by atoms with van der Waals surface area (Å²) in [6, 6.07) is 6.82. The Bertz CT molecular complexity index is 1090. The molecule has 0 fully saturated rings.